The maximum atomic E-state index is 12.3. The number of H-pyrrole nitrogens is 1. The first kappa shape index (κ1) is 15.4. The number of imidazole rings is 1. The van der Waals surface area contributed by atoms with Crippen molar-refractivity contribution in [2.75, 3.05) is 0 Å². The van der Waals surface area contributed by atoms with Crippen LogP contribution in [-0.2, 0) is 6.54 Å². The SMILES string of the molecule is Cc1cc(C)cc(-c2cnc3[nH]c(=O)n(Cc4cc(C)on4)c3c2)c1. The Morgan fingerprint density at radius 2 is 1.80 bits per heavy atom. The van der Waals surface area contributed by atoms with E-state index in [1.807, 2.05) is 19.1 Å². The van der Waals surface area contributed by atoms with E-state index in [-0.39, 0.29) is 5.69 Å². The van der Waals surface area contributed by atoms with Gasteiger partial charge in [0.2, 0.25) is 0 Å². The van der Waals surface area contributed by atoms with Gasteiger partial charge in [-0.3, -0.25) is 9.55 Å². The van der Waals surface area contributed by atoms with Gasteiger partial charge < -0.3 is 4.52 Å². The minimum atomic E-state index is -0.208. The lowest BCUT2D eigenvalue weighted by Gasteiger charge is -2.06. The van der Waals surface area contributed by atoms with Crippen LogP contribution in [0.4, 0.5) is 0 Å². The van der Waals surface area contributed by atoms with Crippen molar-refractivity contribution in [3.8, 4) is 11.1 Å². The van der Waals surface area contributed by atoms with Gasteiger partial charge in [0.15, 0.2) is 5.65 Å². The van der Waals surface area contributed by atoms with E-state index in [1.165, 1.54) is 11.1 Å². The summed E-state index contributed by atoms with van der Waals surface area (Å²) in [5, 5.41) is 3.97. The van der Waals surface area contributed by atoms with Gasteiger partial charge in [0.05, 0.1) is 12.1 Å². The third-order valence-corrected chi connectivity index (χ3v) is 4.18. The molecule has 0 saturated heterocycles. The standard InChI is InChI=1S/C19H18N4O2/c1-11-4-12(2)6-14(5-11)15-8-17-18(20-9-15)21-19(24)23(17)10-16-7-13(3)25-22-16/h4-9H,10H2,1-3H3,(H,20,21,24). The molecule has 0 spiro atoms. The second-order valence-electron chi connectivity index (χ2n) is 6.41. The summed E-state index contributed by atoms with van der Waals surface area (Å²) >= 11 is 0. The fourth-order valence-corrected chi connectivity index (χ4v) is 3.14. The highest BCUT2D eigenvalue weighted by Gasteiger charge is 2.12. The van der Waals surface area contributed by atoms with Gasteiger partial charge >= 0.3 is 5.69 Å². The number of pyridine rings is 1. The maximum Gasteiger partial charge on any atom is 0.328 e. The van der Waals surface area contributed by atoms with E-state index in [1.54, 1.807) is 10.8 Å². The number of hydrogen-bond donors (Lipinski definition) is 1. The number of hydrogen-bond acceptors (Lipinski definition) is 4. The number of benzene rings is 1. The topological polar surface area (TPSA) is 76.7 Å². The minimum absolute atomic E-state index is 0.208. The maximum absolute atomic E-state index is 12.3. The summed E-state index contributed by atoms with van der Waals surface area (Å²) < 4.78 is 6.72. The predicted molar refractivity (Wildman–Crippen MR) is 95.6 cm³/mol. The molecule has 0 aliphatic heterocycles. The van der Waals surface area contributed by atoms with Gasteiger partial charge in [-0.2, -0.15) is 0 Å². The van der Waals surface area contributed by atoms with Gasteiger partial charge in [0, 0.05) is 17.8 Å². The first-order valence-corrected chi connectivity index (χ1v) is 8.09. The van der Waals surface area contributed by atoms with Crippen molar-refractivity contribution in [2.24, 2.45) is 0 Å². The lowest BCUT2D eigenvalue weighted by molar-refractivity contribution is 0.389. The number of fused-ring (bicyclic) bond motifs is 1. The van der Waals surface area contributed by atoms with Crippen LogP contribution in [0.15, 0.2) is 45.8 Å². The average Bonchev–Trinajstić information content (AvgIpc) is 3.10. The van der Waals surface area contributed by atoms with Gasteiger partial charge in [-0.25, -0.2) is 9.78 Å². The predicted octanol–water partition coefficient (Wildman–Crippen LogP) is 3.35. The van der Waals surface area contributed by atoms with Crippen molar-refractivity contribution in [3.63, 3.8) is 0 Å². The van der Waals surface area contributed by atoms with E-state index in [4.69, 9.17) is 4.52 Å². The molecule has 4 aromatic rings. The third kappa shape index (κ3) is 2.87. The van der Waals surface area contributed by atoms with Crippen LogP contribution in [-0.4, -0.2) is 19.7 Å². The van der Waals surface area contributed by atoms with Gasteiger partial charge in [-0.05, 0) is 32.4 Å². The minimum Gasteiger partial charge on any atom is -0.361 e. The molecule has 1 N–H and O–H groups in total. The molecule has 6 heteroatoms. The van der Waals surface area contributed by atoms with Crippen molar-refractivity contribution in [1.82, 2.24) is 19.7 Å². The van der Waals surface area contributed by atoms with Gasteiger partial charge in [-0.1, -0.05) is 34.5 Å². The van der Waals surface area contributed by atoms with Crippen molar-refractivity contribution in [3.05, 3.63) is 69.6 Å². The fraction of sp³-hybridized carbons (Fsp3) is 0.211. The first-order chi connectivity index (χ1) is 12.0. The van der Waals surface area contributed by atoms with Gasteiger partial charge in [0.25, 0.3) is 0 Å². The summed E-state index contributed by atoms with van der Waals surface area (Å²) in [4.78, 5) is 19.5. The summed E-state index contributed by atoms with van der Waals surface area (Å²) in [5.74, 6) is 0.719. The zero-order valence-corrected chi connectivity index (χ0v) is 14.3. The van der Waals surface area contributed by atoms with Crippen LogP contribution in [0, 0.1) is 20.8 Å². The molecule has 0 fully saturated rings. The number of aromatic amines is 1. The van der Waals surface area contributed by atoms with E-state index in [9.17, 15) is 4.79 Å². The van der Waals surface area contributed by atoms with Crippen molar-refractivity contribution >= 4 is 11.2 Å². The van der Waals surface area contributed by atoms with Gasteiger partial charge in [0.1, 0.15) is 11.5 Å². The number of aromatic nitrogens is 4. The highest BCUT2D eigenvalue weighted by molar-refractivity contribution is 5.78. The van der Waals surface area contributed by atoms with Crippen LogP contribution in [0.2, 0.25) is 0 Å². The molecular weight excluding hydrogens is 316 g/mol. The van der Waals surface area contributed by atoms with E-state index in [0.29, 0.717) is 17.9 Å². The fourth-order valence-electron chi connectivity index (χ4n) is 3.14. The molecule has 0 bridgehead atoms. The van der Waals surface area contributed by atoms with Crippen LogP contribution in [0.5, 0.6) is 0 Å². The molecule has 0 aliphatic carbocycles. The molecule has 0 radical (unpaired) electrons. The molecule has 0 amide bonds. The summed E-state index contributed by atoms with van der Waals surface area (Å²) in [7, 11) is 0. The lowest BCUT2D eigenvalue weighted by atomic mass is 10.0. The largest absolute Gasteiger partial charge is 0.361 e. The molecule has 0 atom stereocenters. The molecule has 3 aromatic heterocycles. The highest BCUT2D eigenvalue weighted by atomic mass is 16.5. The number of rotatable bonds is 3. The molecule has 1 aromatic carbocycles. The van der Waals surface area contributed by atoms with Crippen molar-refractivity contribution in [2.45, 2.75) is 27.3 Å². The Hall–Kier alpha value is -3.15. The van der Waals surface area contributed by atoms with Crippen LogP contribution < -0.4 is 5.69 Å². The zero-order chi connectivity index (χ0) is 17.6. The average molecular weight is 334 g/mol. The molecule has 126 valence electrons. The Morgan fingerprint density at radius 1 is 1.04 bits per heavy atom. The zero-order valence-electron chi connectivity index (χ0n) is 14.3. The summed E-state index contributed by atoms with van der Waals surface area (Å²) in [5.41, 5.74) is 6.27. The molecule has 0 aliphatic rings. The molecule has 6 nitrogen and oxygen atoms in total. The number of nitrogens with one attached hydrogen (secondary N) is 1. The van der Waals surface area contributed by atoms with Crippen LogP contribution in [0.25, 0.3) is 22.3 Å². The van der Waals surface area contributed by atoms with Crippen molar-refractivity contribution < 1.29 is 4.52 Å². The van der Waals surface area contributed by atoms with E-state index < -0.39 is 0 Å². The summed E-state index contributed by atoms with van der Waals surface area (Å²) in [6, 6.07) is 10.2. The second kappa shape index (κ2) is 5.73. The van der Waals surface area contributed by atoms with E-state index in [0.717, 1.165) is 22.4 Å². The Morgan fingerprint density at radius 3 is 2.48 bits per heavy atom. The normalized spacial score (nSPS) is 11.3. The quantitative estimate of drug-likeness (QED) is 0.623. The van der Waals surface area contributed by atoms with Crippen LogP contribution in [0.1, 0.15) is 22.6 Å². The number of aryl methyl sites for hydroxylation is 3. The number of nitrogens with zero attached hydrogens (tertiary/aromatic N) is 3. The van der Waals surface area contributed by atoms with E-state index >= 15 is 0 Å². The molecular formula is C19H18N4O2. The molecule has 4 rings (SSSR count). The Kier molecular flexibility index (Phi) is 3.53. The lowest BCUT2D eigenvalue weighted by Crippen LogP contribution is -2.17. The summed E-state index contributed by atoms with van der Waals surface area (Å²) in [6.45, 7) is 6.31. The Bertz CT molecular complexity index is 1110. The Labute approximate surface area is 144 Å². The molecule has 0 unspecified atom stereocenters. The van der Waals surface area contributed by atoms with E-state index in [2.05, 4.69) is 47.2 Å². The van der Waals surface area contributed by atoms with Crippen molar-refractivity contribution in [1.29, 1.82) is 0 Å². The molecule has 3 heterocycles. The van der Waals surface area contributed by atoms with Crippen LogP contribution in [0.3, 0.4) is 0 Å². The summed E-state index contributed by atoms with van der Waals surface area (Å²) in [6.07, 6.45) is 1.79. The molecule has 0 saturated carbocycles. The second-order valence-corrected chi connectivity index (χ2v) is 6.41. The monoisotopic (exact) mass is 334 g/mol. The highest BCUT2D eigenvalue weighted by Crippen LogP contribution is 2.24. The smallest absolute Gasteiger partial charge is 0.328 e. The van der Waals surface area contributed by atoms with Crippen LogP contribution >= 0.6 is 0 Å². The molecule has 25 heavy (non-hydrogen) atoms. The first-order valence-electron chi connectivity index (χ1n) is 8.09. The third-order valence-electron chi connectivity index (χ3n) is 4.18. The van der Waals surface area contributed by atoms with Gasteiger partial charge in [-0.15, -0.1) is 0 Å². The Balaban J connectivity index is 1.84.